The fourth-order valence-electron chi connectivity index (χ4n) is 2.79. The summed E-state index contributed by atoms with van der Waals surface area (Å²) >= 11 is 0. The lowest BCUT2D eigenvalue weighted by molar-refractivity contribution is -0.133. The van der Waals surface area contributed by atoms with E-state index in [1.807, 2.05) is 35.2 Å². The van der Waals surface area contributed by atoms with Gasteiger partial charge in [0.05, 0.1) is 11.9 Å². The van der Waals surface area contributed by atoms with Crippen LogP contribution in [-0.4, -0.2) is 41.5 Å². The molecule has 0 unspecified atom stereocenters. The normalized spacial score (nSPS) is 17.5. The number of hydrogen-bond acceptors (Lipinski definition) is 3. The van der Waals surface area contributed by atoms with Crippen LogP contribution < -0.4 is 5.32 Å². The molecule has 0 radical (unpaired) electrons. The van der Waals surface area contributed by atoms with E-state index in [0.29, 0.717) is 6.42 Å². The summed E-state index contributed by atoms with van der Waals surface area (Å²) in [5, 5.41) is 4.40. The summed E-state index contributed by atoms with van der Waals surface area (Å²) in [5.74, 6) is 0.192. The van der Waals surface area contributed by atoms with E-state index in [0.717, 1.165) is 36.1 Å². The summed E-state index contributed by atoms with van der Waals surface area (Å²) in [6.07, 6.45) is 2.21. The third-order valence-corrected chi connectivity index (χ3v) is 3.88. The van der Waals surface area contributed by atoms with Gasteiger partial charge >= 0.3 is 0 Å². The Bertz CT molecular complexity index is 630. The molecular weight excluding hydrogens is 321 g/mol. The zero-order chi connectivity index (χ0) is 13.9. The van der Waals surface area contributed by atoms with Crippen LogP contribution in [0.5, 0.6) is 0 Å². The van der Waals surface area contributed by atoms with E-state index in [-0.39, 0.29) is 36.8 Å². The molecule has 120 valence electrons. The van der Waals surface area contributed by atoms with Gasteiger partial charge in [-0.15, -0.1) is 24.8 Å². The molecular formula is C16H21Cl2N3O. The van der Waals surface area contributed by atoms with Crippen molar-refractivity contribution < 1.29 is 4.79 Å². The Morgan fingerprint density at radius 3 is 2.86 bits per heavy atom. The second kappa shape index (κ2) is 8.32. The quantitative estimate of drug-likeness (QED) is 0.912. The molecule has 1 fully saturated rings. The molecule has 2 heterocycles. The van der Waals surface area contributed by atoms with Crippen molar-refractivity contribution >= 4 is 41.6 Å². The van der Waals surface area contributed by atoms with Gasteiger partial charge in [-0.3, -0.25) is 9.78 Å². The number of fused-ring (bicyclic) bond motifs is 1. The summed E-state index contributed by atoms with van der Waals surface area (Å²) in [5.41, 5.74) is 1.95. The van der Waals surface area contributed by atoms with E-state index in [9.17, 15) is 4.79 Å². The topological polar surface area (TPSA) is 45.2 Å². The number of halogens is 2. The zero-order valence-corrected chi connectivity index (χ0v) is 14.1. The van der Waals surface area contributed by atoms with Gasteiger partial charge in [-0.05, 0) is 18.6 Å². The molecule has 1 amide bonds. The Morgan fingerprint density at radius 1 is 1.32 bits per heavy atom. The molecule has 0 spiro atoms. The van der Waals surface area contributed by atoms with Gasteiger partial charge < -0.3 is 10.2 Å². The number of benzene rings is 1. The first-order valence-electron chi connectivity index (χ1n) is 7.08. The van der Waals surface area contributed by atoms with E-state index >= 15 is 0 Å². The monoisotopic (exact) mass is 341 g/mol. The molecule has 3 rings (SSSR count). The number of aromatic nitrogens is 1. The van der Waals surface area contributed by atoms with Crippen molar-refractivity contribution in [1.29, 1.82) is 0 Å². The van der Waals surface area contributed by atoms with Gasteiger partial charge in [0.15, 0.2) is 0 Å². The second-order valence-corrected chi connectivity index (χ2v) is 5.31. The molecule has 1 aromatic carbocycles. The molecule has 0 bridgehead atoms. The third kappa shape index (κ3) is 3.88. The predicted molar refractivity (Wildman–Crippen MR) is 94.0 cm³/mol. The van der Waals surface area contributed by atoms with Crippen LogP contribution in [-0.2, 0) is 11.2 Å². The van der Waals surface area contributed by atoms with Gasteiger partial charge in [0, 0.05) is 37.3 Å². The predicted octanol–water partition coefficient (Wildman–Crippen LogP) is 2.44. The average molecular weight is 342 g/mol. The summed E-state index contributed by atoms with van der Waals surface area (Å²) in [4.78, 5) is 18.9. The lowest BCUT2D eigenvalue weighted by Crippen LogP contribution is -2.52. The molecule has 1 aliphatic rings. The van der Waals surface area contributed by atoms with Crippen molar-refractivity contribution in [2.75, 3.05) is 19.6 Å². The Hall–Kier alpha value is -1.36. The van der Waals surface area contributed by atoms with Crippen LogP contribution >= 0.6 is 24.8 Å². The zero-order valence-electron chi connectivity index (χ0n) is 12.5. The van der Waals surface area contributed by atoms with Crippen molar-refractivity contribution in [2.24, 2.45) is 0 Å². The first kappa shape index (κ1) is 18.7. The number of hydrogen-bond donors (Lipinski definition) is 1. The summed E-state index contributed by atoms with van der Waals surface area (Å²) in [7, 11) is 0. The number of para-hydroxylation sites is 1. The van der Waals surface area contributed by atoms with Crippen LogP contribution in [0.15, 0.2) is 36.5 Å². The molecule has 0 aliphatic carbocycles. The lowest BCUT2D eigenvalue weighted by atomic mass is 10.1. The van der Waals surface area contributed by atoms with Gasteiger partial charge in [0.2, 0.25) is 5.91 Å². The number of nitrogens with one attached hydrogen (secondary N) is 1. The summed E-state index contributed by atoms with van der Waals surface area (Å²) in [6, 6.07) is 10.2. The number of carbonyl (C=O) groups excluding carboxylic acids is 1. The lowest BCUT2D eigenvalue weighted by Gasteiger charge is -2.34. The van der Waals surface area contributed by atoms with Crippen molar-refractivity contribution in [3.63, 3.8) is 0 Å². The van der Waals surface area contributed by atoms with Crippen LogP contribution in [0.4, 0.5) is 0 Å². The maximum atomic E-state index is 12.5. The summed E-state index contributed by atoms with van der Waals surface area (Å²) in [6.45, 7) is 4.63. The Labute approximate surface area is 143 Å². The van der Waals surface area contributed by atoms with Gasteiger partial charge in [-0.1, -0.05) is 24.3 Å². The molecule has 1 aromatic heterocycles. The van der Waals surface area contributed by atoms with Gasteiger partial charge in [-0.2, -0.15) is 0 Å². The Morgan fingerprint density at radius 2 is 2.09 bits per heavy atom. The van der Waals surface area contributed by atoms with Gasteiger partial charge in [-0.25, -0.2) is 0 Å². The molecule has 1 aliphatic heterocycles. The highest BCUT2D eigenvalue weighted by Gasteiger charge is 2.23. The first-order chi connectivity index (χ1) is 9.75. The van der Waals surface area contributed by atoms with Crippen LogP contribution in [0.3, 0.4) is 0 Å². The highest BCUT2D eigenvalue weighted by atomic mass is 35.5. The third-order valence-electron chi connectivity index (χ3n) is 3.88. The number of pyridine rings is 1. The molecule has 22 heavy (non-hydrogen) atoms. The molecule has 1 saturated heterocycles. The SMILES string of the molecule is C[C@@H]1CNCCN1C(=O)Cc1cccc2cccnc12.Cl.Cl. The summed E-state index contributed by atoms with van der Waals surface area (Å²) < 4.78 is 0. The maximum absolute atomic E-state index is 12.5. The highest BCUT2D eigenvalue weighted by molar-refractivity contribution is 5.87. The minimum absolute atomic E-state index is 0. The van der Waals surface area contributed by atoms with Gasteiger partial charge in [0.1, 0.15) is 0 Å². The van der Waals surface area contributed by atoms with E-state index in [1.54, 1.807) is 6.20 Å². The average Bonchev–Trinajstić information content (AvgIpc) is 2.48. The van der Waals surface area contributed by atoms with Crippen molar-refractivity contribution in [3.05, 3.63) is 42.1 Å². The molecule has 1 atom stereocenters. The fourth-order valence-corrected chi connectivity index (χ4v) is 2.79. The molecule has 4 nitrogen and oxygen atoms in total. The van der Waals surface area contributed by atoms with E-state index in [2.05, 4.69) is 17.2 Å². The standard InChI is InChI=1S/C16H19N3O.2ClH/c1-12-11-17-8-9-19(12)15(20)10-14-5-2-4-13-6-3-7-18-16(13)14;;/h2-7,12,17H,8-11H2,1H3;2*1H/t12-;;/m1../s1. The van der Waals surface area contributed by atoms with Crippen LogP contribution in [0.1, 0.15) is 12.5 Å². The number of nitrogens with zero attached hydrogens (tertiary/aromatic N) is 2. The molecule has 2 aromatic rings. The highest BCUT2D eigenvalue weighted by Crippen LogP contribution is 2.17. The minimum Gasteiger partial charge on any atom is -0.337 e. The van der Waals surface area contributed by atoms with Gasteiger partial charge in [0.25, 0.3) is 0 Å². The smallest absolute Gasteiger partial charge is 0.227 e. The number of carbonyl (C=O) groups is 1. The van der Waals surface area contributed by atoms with Crippen LogP contribution in [0.25, 0.3) is 10.9 Å². The minimum atomic E-state index is 0. The Balaban J connectivity index is 0.00000121. The molecule has 0 saturated carbocycles. The van der Waals surface area contributed by atoms with Crippen molar-refractivity contribution in [1.82, 2.24) is 15.2 Å². The fraction of sp³-hybridized carbons (Fsp3) is 0.375. The largest absolute Gasteiger partial charge is 0.337 e. The van der Waals surface area contributed by atoms with E-state index in [4.69, 9.17) is 0 Å². The maximum Gasteiger partial charge on any atom is 0.227 e. The van der Waals surface area contributed by atoms with E-state index in [1.165, 1.54) is 0 Å². The number of piperazine rings is 1. The number of rotatable bonds is 2. The molecule has 1 N–H and O–H groups in total. The van der Waals surface area contributed by atoms with E-state index < -0.39 is 0 Å². The van der Waals surface area contributed by atoms with Crippen molar-refractivity contribution in [2.45, 2.75) is 19.4 Å². The first-order valence-corrected chi connectivity index (χ1v) is 7.08. The second-order valence-electron chi connectivity index (χ2n) is 5.31. The van der Waals surface area contributed by atoms with Crippen LogP contribution in [0, 0.1) is 0 Å². The Kier molecular flexibility index (Phi) is 7.07. The van der Waals surface area contributed by atoms with Crippen molar-refractivity contribution in [3.8, 4) is 0 Å². The molecule has 6 heteroatoms. The number of amides is 1. The van der Waals surface area contributed by atoms with Crippen LogP contribution in [0.2, 0.25) is 0 Å².